The zero-order chi connectivity index (χ0) is 19.9. The highest BCUT2D eigenvalue weighted by Crippen LogP contribution is 2.18. The van der Waals surface area contributed by atoms with Gasteiger partial charge in [-0.25, -0.2) is 4.68 Å². The van der Waals surface area contributed by atoms with Gasteiger partial charge in [-0.15, -0.1) is 0 Å². The minimum atomic E-state index is -0.0917. The number of ether oxygens (including phenoxy) is 1. The second kappa shape index (κ2) is 9.45. The van der Waals surface area contributed by atoms with Gasteiger partial charge in [0.2, 0.25) is 0 Å². The maximum atomic E-state index is 12.3. The van der Waals surface area contributed by atoms with Crippen LogP contribution in [-0.2, 0) is 4.74 Å². The molecule has 0 unspecified atom stereocenters. The molecular weight excluding hydrogens is 366 g/mol. The molecule has 2 aromatic heterocycles. The quantitative estimate of drug-likeness (QED) is 0.626. The number of benzene rings is 1. The molecule has 1 aliphatic heterocycles. The largest absolute Gasteiger partial charge is 0.379 e. The Kier molecular flexibility index (Phi) is 6.29. The fourth-order valence-corrected chi connectivity index (χ4v) is 3.31. The van der Waals surface area contributed by atoms with Crippen LogP contribution >= 0.6 is 0 Å². The van der Waals surface area contributed by atoms with Gasteiger partial charge in [0.15, 0.2) is 0 Å². The van der Waals surface area contributed by atoms with Crippen molar-refractivity contribution in [3.8, 4) is 16.9 Å². The van der Waals surface area contributed by atoms with E-state index in [2.05, 4.69) is 20.3 Å². The standard InChI is InChI=1S/C22H25N5O2/c28-22(23-9-4-10-26-11-13-29-14-12-26)18-7-8-21(24-15-18)19-16-25-27(17-19)20-5-2-1-3-6-20/h1-3,5-8,15-17H,4,9-14H2,(H,23,28). The molecule has 0 aliphatic carbocycles. The molecule has 0 spiro atoms. The zero-order valence-electron chi connectivity index (χ0n) is 16.3. The molecule has 3 heterocycles. The van der Waals surface area contributed by atoms with E-state index < -0.39 is 0 Å². The van der Waals surface area contributed by atoms with E-state index in [1.807, 2.05) is 47.3 Å². The molecule has 0 radical (unpaired) electrons. The number of rotatable bonds is 7. The SMILES string of the molecule is O=C(NCCCN1CCOCC1)c1ccc(-c2cnn(-c3ccccc3)c2)nc1. The number of nitrogens with zero attached hydrogens (tertiary/aromatic N) is 4. The van der Waals surface area contributed by atoms with Crippen molar-refractivity contribution in [2.45, 2.75) is 6.42 Å². The van der Waals surface area contributed by atoms with Crippen molar-refractivity contribution < 1.29 is 9.53 Å². The molecule has 1 saturated heterocycles. The summed E-state index contributed by atoms with van der Waals surface area (Å²) in [5.41, 5.74) is 3.25. The molecule has 29 heavy (non-hydrogen) atoms. The summed E-state index contributed by atoms with van der Waals surface area (Å²) < 4.78 is 7.16. The Balaban J connectivity index is 1.29. The van der Waals surface area contributed by atoms with Crippen LogP contribution in [-0.4, -0.2) is 65.0 Å². The van der Waals surface area contributed by atoms with Crippen molar-refractivity contribution >= 4 is 5.91 Å². The second-order valence-corrected chi connectivity index (χ2v) is 7.00. The maximum absolute atomic E-state index is 12.3. The molecule has 0 atom stereocenters. The maximum Gasteiger partial charge on any atom is 0.252 e. The van der Waals surface area contributed by atoms with Crippen molar-refractivity contribution in [2.24, 2.45) is 0 Å². The topological polar surface area (TPSA) is 72.3 Å². The first kappa shape index (κ1) is 19.3. The lowest BCUT2D eigenvalue weighted by Gasteiger charge is -2.26. The number of nitrogens with one attached hydrogen (secondary N) is 1. The van der Waals surface area contributed by atoms with Crippen molar-refractivity contribution in [2.75, 3.05) is 39.4 Å². The van der Waals surface area contributed by atoms with E-state index in [9.17, 15) is 4.79 Å². The molecule has 1 fully saturated rings. The van der Waals surface area contributed by atoms with Gasteiger partial charge in [-0.2, -0.15) is 5.10 Å². The van der Waals surface area contributed by atoms with Gasteiger partial charge in [0.25, 0.3) is 5.91 Å². The normalized spacial score (nSPS) is 14.6. The summed E-state index contributed by atoms with van der Waals surface area (Å²) in [6.45, 7) is 5.18. The van der Waals surface area contributed by atoms with E-state index in [0.29, 0.717) is 12.1 Å². The number of hydrogen-bond donors (Lipinski definition) is 1. The summed E-state index contributed by atoms with van der Waals surface area (Å²) in [5.74, 6) is -0.0917. The van der Waals surface area contributed by atoms with Crippen LogP contribution in [0, 0.1) is 0 Å². The minimum Gasteiger partial charge on any atom is -0.379 e. The van der Waals surface area contributed by atoms with E-state index in [4.69, 9.17) is 4.74 Å². The van der Waals surface area contributed by atoms with Crippen LogP contribution in [0.25, 0.3) is 16.9 Å². The van der Waals surface area contributed by atoms with Crippen LogP contribution in [0.1, 0.15) is 16.8 Å². The molecule has 1 N–H and O–H groups in total. The number of carbonyl (C=O) groups is 1. The number of hydrogen-bond acceptors (Lipinski definition) is 5. The molecule has 150 valence electrons. The number of aromatic nitrogens is 3. The van der Waals surface area contributed by atoms with Gasteiger partial charge >= 0.3 is 0 Å². The average molecular weight is 391 g/mol. The Bertz CT molecular complexity index is 918. The Labute approximate surface area is 170 Å². The summed E-state index contributed by atoms with van der Waals surface area (Å²) in [5, 5.41) is 7.36. The first-order chi connectivity index (χ1) is 14.3. The van der Waals surface area contributed by atoms with Crippen LogP contribution in [0.2, 0.25) is 0 Å². The summed E-state index contributed by atoms with van der Waals surface area (Å²) in [7, 11) is 0. The van der Waals surface area contributed by atoms with Crippen LogP contribution in [0.4, 0.5) is 0 Å². The molecule has 3 aromatic rings. The van der Waals surface area contributed by atoms with Crippen LogP contribution < -0.4 is 5.32 Å². The lowest BCUT2D eigenvalue weighted by molar-refractivity contribution is 0.0374. The van der Waals surface area contributed by atoms with E-state index in [0.717, 1.165) is 56.2 Å². The summed E-state index contributed by atoms with van der Waals surface area (Å²) >= 11 is 0. The Morgan fingerprint density at radius 2 is 1.90 bits per heavy atom. The Hall–Kier alpha value is -3.03. The third-order valence-corrected chi connectivity index (χ3v) is 4.97. The molecule has 7 heteroatoms. The fourth-order valence-electron chi connectivity index (χ4n) is 3.31. The number of morpholine rings is 1. The highest BCUT2D eigenvalue weighted by atomic mass is 16.5. The molecule has 0 bridgehead atoms. The van der Waals surface area contributed by atoms with Gasteiger partial charge in [-0.3, -0.25) is 14.7 Å². The van der Waals surface area contributed by atoms with E-state index >= 15 is 0 Å². The summed E-state index contributed by atoms with van der Waals surface area (Å²) in [6, 6.07) is 13.6. The smallest absolute Gasteiger partial charge is 0.252 e. The molecule has 7 nitrogen and oxygen atoms in total. The van der Waals surface area contributed by atoms with Gasteiger partial charge in [0.05, 0.1) is 36.4 Å². The highest BCUT2D eigenvalue weighted by molar-refractivity contribution is 5.94. The predicted molar refractivity (Wildman–Crippen MR) is 111 cm³/mol. The van der Waals surface area contributed by atoms with E-state index in [1.54, 1.807) is 18.5 Å². The van der Waals surface area contributed by atoms with E-state index in [-0.39, 0.29) is 5.91 Å². The molecular formula is C22H25N5O2. The fraction of sp³-hybridized carbons (Fsp3) is 0.318. The lowest BCUT2D eigenvalue weighted by Crippen LogP contribution is -2.38. The second-order valence-electron chi connectivity index (χ2n) is 7.00. The zero-order valence-corrected chi connectivity index (χ0v) is 16.3. The molecule has 1 aromatic carbocycles. The first-order valence-corrected chi connectivity index (χ1v) is 9.94. The number of carbonyl (C=O) groups excluding carboxylic acids is 1. The van der Waals surface area contributed by atoms with Crippen molar-refractivity contribution in [3.63, 3.8) is 0 Å². The highest BCUT2D eigenvalue weighted by Gasteiger charge is 2.11. The number of pyridine rings is 1. The molecule has 4 rings (SSSR count). The van der Waals surface area contributed by atoms with Crippen molar-refractivity contribution in [1.82, 2.24) is 25.0 Å². The minimum absolute atomic E-state index is 0.0917. The molecule has 1 aliphatic rings. The van der Waals surface area contributed by atoms with Gasteiger partial charge < -0.3 is 10.1 Å². The molecule has 0 saturated carbocycles. The number of para-hydroxylation sites is 1. The van der Waals surface area contributed by atoms with Gasteiger partial charge in [0.1, 0.15) is 0 Å². The third-order valence-electron chi connectivity index (χ3n) is 4.97. The van der Waals surface area contributed by atoms with Crippen LogP contribution in [0.3, 0.4) is 0 Å². The Morgan fingerprint density at radius 3 is 2.66 bits per heavy atom. The van der Waals surface area contributed by atoms with Gasteiger partial charge in [0, 0.05) is 37.6 Å². The summed E-state index contributed by atoms with van der Waals surface area (Å²) in [6.07, 6.45) is 6.26. The monoisotopic (exact) mass is 391 g/mol. The number of amides is 1. The first-order valence-electron chi connectivity index (χ1n) is 9.94. The van der Waals surface area contributed by atoms with Crippen LogP contribution in [0.5, 0.6) is 0 Å². The Morgan fingerprint density at radius 1 is 1.07 bits per heavy atom. The predicted octanol–water partition coefficient (Wildman–Crippen LogP) is 2.39. The van der Waals surface area contributed by atoms with Gasteiger partial charge in [-0.05, 0) is 37.2 Å². The van der Waals surface area contributed by atoms with Crippen LogP contribution in [0.15, 0.2) is 61.1 Å². The lowest BCUT2D eigenvalue weighted by atomic mass is 10.2. The molecule has 1 amide bonds. The van der Waals surface area contributed by atoms with E-state index in [1.165, 1.54) is 0 Å². The third kappa shape index (κ3) is 5.07. The van der Waals surface area contributed by atoms with Crippen molar-refractivity contribution in [3.05, 3.63) is 66.6 Å². The average Bonchev–Trinajstić information content (AvgIpc) is 3.28. The van der Waals surface area contributed by atoms with Gasteiger partial charge in [-0.1, -0.05) is 18.2 Å². The summed E-state index contributed by atoms with van der Waals surface area (Å²) in [4.78, 5) is 19.1. The van der Waals surface area contributed by atoms with Crippen molar-refractivity contribution in [1.29, 1.82) is 0 Å².